The fourth-order valence-corrected chi connectivity index (χ4v) is 7.20. The zero-order chi connectivity index (χ0) is 35.1. The van der Waals surface area contributed by atoms with Crippen molar-refractivity contribution in [1.82, 2.24) is 15.2 Å². The van der Waals surface area contributed by atoms with Crippen molar-refractivity contribution in [2.45, 2.75) is 56.5 Å². The number of rotatable bonds is 10. The van der Waals surface area contributed by atoms with Gasteiger partial charge in [-0.15, -0.1) is 23.1 Å². The number of halogens is 1. The lowest BCUT2D eigenvalue weighted by Gasteiger charge is -2.51. The highest BCUT2D eigenvalue weighted by atomic mass is 35.5. The Labute approximate surface area is 287 Å². The van der Waals surface area contributed by atoms with Crippen molar-refractivity contribution in [1.29, 1.82) is 0 Å². The van der Waals surface area contributed by atoms with Gasteiger partial charge < -0.3 is 36.5 Å². The molecule has 0 unspecified atom stereocenters. The molecule has 18 heteroatoms. The third-order valence-corrected chi connectivity index (χ3v) is 10.2. The normalized spacial score (nSPS) is 19.4. The number of carboxylic acids is 1. The molecule has 3 aromatic rings. The van der Waals surface area contributed by atoms with Crippen LogP contribution in [-0.4, -0.2) is 76.9 Å². The zero-order valence-electron chi connectivity index (χ0n) is 25.9. The Bertz CT molecular complexity index is 1880. The number of fused-ring (bicyclic) bond motifs is 1. The molecule has 3 amide bonds. The monoisotopic (exact) mass is 716 g/mol. The van der Waals surface area contributed by atoms with Gasteiger partial charge in [-0.2, -0.15) is 0 Å². The molecule has 15 nitrogen and oxygen atoms in total. The minimum absolute atomic E-state index is 0.00685. The van der Waals surface area contributed by atoms with E-state index in [1.165, 1.54) is 43.1 Å². The molecule has 252 valence electrons. The van der Waals surface area contributed by atoms with Gasteiger partial charge in [-0.25, -0.2) is 14.3 Å². The van der Waals surface area contributed by atoms with Gasteiger partial charge in [-0.05, 0) is 39.8 Å². The molecule has 48 heavy (non-hydrogen) atoms. The third-order valence-electron chi connectivity index (χ3n) is 7.69. The average Bonchev–Trinajstić information content (AvgIpc) is 3.46. The minimum Gasteiger partial charge on any atom is -0.504 e. The van der Waals surface area contributed by atoms with E-state index in [2.05, 4.69) is 20.8 Å². The standard InChI is InChI=1S/C30H30ClN7O8S2/c1-13-17(11-37-9-7-15(8-10-37)33-24(41)16-5-6-19(39)23(40)20(16)31)14(2)48-27-22(26(43)38(13)27)35-25(42)21(18-12-47-29(32)34-18)36-46-30(3,4)28(44)45/h5-10,12,14,22,27H,11H2,1-4H3,(H6,32,34,35,36,39,40,41,42,44,45)/p+1/t14-,22-,27-/m1/s1. The number of nitrogens with two attached hydrogens (primary N) is 1. The van der Waals surface area contributed by atoms with Gasteiger partial charge >= 0.3 is 5.97 Å². The number of oxime groups is 1. The van der Waals surface area contributed by atoms with E-state index in [4.69, 9.17) is 22.2 Å². The van der Waals surface area contributed by atoms with Crippen LogP contribution < -0.4 is 20.9 Å². The van der Waals surface area contributed by atoms with Crippen LogP contribution in [0.25, 0.3) is 0 Å². The maximum absolute atomic E-state index is 13.4. The molecule has 0 bridgehead atoms. The smallest absolute Gasteiger partial charge is 0.350 e. The number of hydrogen-bond acceptors (Lipinski definition) is 12. The molecule has 1 saturated heterocycles. The summed E-state index contributed by atoms with van der Waals surface area (Å²) in [5.41, 5.74) is 5.95. The van der Waals surface area contributed by atoms with Gasteiger partial charge in [0.05, 0.1) is 16.3 Å². The predicted octanol–water partition coefficient (Wildman–Crippen LogP) is 2.68. The van der Waals surface area contributed by atoms with Gasteiger partial charge in [0.2, 0.25) is 5.60 Å². The number of β-lactam (4-membered cyclic amide) rings is 1. The second-order valence-electron chi connectivity index (χ2n) is 11.4. The molecule has 2 aliphatic rings. The fourth-order valence-electron chi connectivity index (χ4n) is 4.86. The summed E-state index contributed by atoms with van der Waals surface area (Å²) < 4.78 is 1.88. The Balaban J connectivity index is 1.26. The van der Waals surface area contributed by atoms with Crippen molar-refractivity contribution < 1.29 is 43.9 Å². The number of aromatic hydroxyl groups is 2. The Kier molecular flexibility index (Phi) is 9.57. The van der Waals surface area contributed by atoms with E-state index in [-0.39, 0.29) is 38.3 Å². The van der Waals surface area contributed by atoms with E-state index >= 15 is 0 Å². The van der Waals surface area contributed by atoms with Crippen molar-refractivity contribution in [3.8, 4) is 11.5 Å². The van der Waals surface area contributed by atoms with Crippen LogP contribution in [0, 0.1) is 0 Å². The number of carbonyl (C=O) groups excluding carboxylic acids is 3. The van der Waals surface area contributed by atoms with E-state index in [1.807, 2.05) is 18.4 Å². The number of hydrogen-bond donors (Lipinski definition) is 6. The van der Waals surface area contributed by atoms with E-state index in [0.717, 1.165) is 22.6 Å². The first-order chi connectivity index (χ1) is 22.6. The first kappa shape index (κ1) is 34.5. The highest BCUT2D eigenvalue weighted by molar-refractivity contribution is 8.00. The lowest BCUT2D eigenvalue weighted by Crippen LogP contribution is -2.70. The van der Waals surface area contributed by atoms with Gasteiger partial charge in [0.15, 0.2) is 41.3 Å². The van der Waals surface area contributed by atoms with Gasteiger partial charge in [0.1, 0.15) is 17.1 Å². The number of benzene rings is 1. The van der Waals surface area contributed by atoms with Crippen LogP contribution in [0.2, 0.25) is 5.02 Å². The van der Waals surface area contributed by atoms with Crippen molar-refractivity contribution in [3.05, 3.63) is 69.6 Å². The minimum atomic E-state index is -1.73. The summed E-state index contributed by atoms with van der Waals surface area (Å²) in [7, 11) is 0. The molecule has 2 aromatic heterocycles. The number of aliphatic carboxylic acids is 1. The van der Waals surface area contributed by atoms with Crippen LogP contribution in [0.5, 0.6) is 11.5 Å². The molecule has 0 saturated carbocycles. The Morgan fingerprint density at radius 2 is 1.90 bits per heavy atom. The molecule has 0 aliphatic carbocycles. The first-order valence-corrected chi connectivity index (χ1v) is 16.5. The number of pyridine rings is 1. The largest absolute Gasteiger partial charge is 0.504 e. The summed E-state index contributed by atoms with van der Waals surface area (Å²) in [6.45, 7) is 6.83. The zero-order valence-corrected chi connectivity index (χ0v) is 28.3. The van der Waals surface area contributed by atoms with Gasteiger partial charge in [-0.1, -0.05) is 16.8 Å². The van der Waals surface area contributed by atoms with Crippen LogP contribution in [0.4, 0.5) is 10.8 Å². The molecule has 4 heterocycles. The fraction of sp³-hybridized carbons (Fsp3) is 0.300. The number of carbonyl (C=O) groups is 4. The van der Waals surface area contributed by atoms with Gasteiger partial charge in [0, 0.05) is 34.0 Å². The van der Waals surface area contributed by atoms with E-state index < -0.39 is 46.3 Å². The predicted molar refractivity (Wildman–Crippen MR) is 178 cm³/mol. The summed E-state index contributed by atoms with van der Waals surface area (Å²) in [6, 6.07) is 4.96. The number of phenols is 2. The number of aromatic nitrogens is 2. The van der Waals surface area contributed by atoms with Gasteiger partial charge in [0.25, 0.3) is 17.7 Å². The number of anilines is 2. The second kappa shape index (κ2) is 13.3. The summed E-state index contributed by atoms with van der Waals surface area (Å²) in [5, 5.41) is 38.9. The van der Waals surface area contributed by atoms with Crippen molar-refractivity contribution in [3.63, 3.8) is 0 Å². The second-order valence-corrected chi connectivity index (χ2v) is 14.1. The third kappa shape index (κ3) is 6.74. The number of amides is 3. The number of thioether (sulfide) groups is 1. The molecule has 7 N–H and O–H groups in total. The molecule has 2 aliphatic heterocycles. The van der Waals surface area contributed by atoms with Crippen molar-refractivity contribution >= 4 is 74.9 Å². The summed E-state index contributed by atoms with van der Waals surface area (Å²) in [6.07, 6.45) is 3.52. The summed E-state index contributed by atoms with van der Waals surface area (Å²) >= 11 is 8.56. The molecule has 5 rings (SSSR count). The number of nitrogens with zero attached hydrogens (tertiary/aromatic N) is 4. The van der Waals surface area contributed by atoms with Crippen molar-refractivity contribution in [2.24, 2.45) is 5.16 Å². The quantitative estimate of drug-likeness (QED) is 0.0589. The lowest BCUT2D eigenvalue weighted by atomic mass is 10.0. The summed E-state index contributed by atoms with van der Waals surface area (Å²) in [5.74, 6) is -3.98. The molecule has 3 atom stereocenters. The molecule has 1 fully saturated rings. The first-order valence-electron chi connectivity index (χ1n) is 14.3. The Morgan fingerprint density at radius 1 is 1.21 bits per heavy atom. The highest BCUT2D eigenvalue weighted by Crippen LogP contribution is 2.44. The van der Waals surface area contributed by atoms with E-state index in [0.29, 0.717) is 12.2 Å². The maximum Gasteiger partial charge on any atom is 0.350 e. The van der Waals surface area contributed by atoms with Crippen LogP contribution >= 0.6 is 34.7 Å². The Hall–Kier alpha value is -4.87. The molecule has 1 aromatic carbocycles. The number of thiazole rings is 1. The number of phenolic OH excluding ortho intramolecular Hbond substituents is 2. The molecular weight excluding hydrogens is 686 g/mol. The van der Waals surface area contributed by atoms with Crippen LogP contribution in [-0.2, 0) is 25.8 Å². The summed E-state index contributed by atoms with van der Waals surface area (Å²) in [4.78, 5) is 61.7. The number of nitrogen functional groups attached to an aromatic ring is 1. The average molecular weight is 717 g/mol. The van der Waals surface area contributed by atoms with Crippen LogP contribution in [0.15, 0.2) is 58.5 Å². The van der Waals surface area contributed by atoms with E-state index in [9.17, 15) is 34.5 Å². The molecule has 0 spiro atoms. The maximum atomic E-state index is 13.4. The van der Waals surface area contributed by atoms with Crippen molar-refractivity contribution in [2.75, 3.05) is 11.1 Å². The van der Waals surface area contributed by atoms with E-state index in [1.54, 1.807) is 29.4 Å². The van der Waals surface area contributed by atoms with Crippen LogP contribution in [0.3, 0.4) is 0 Å². The molecular formula is C30H31ClN7O8S2+. The molecule has 0 radical (unpaired) electrons. The Morgan fingerprint density at radius 3 is 2.52 bits per heavy atom. The topological polar surface area (TPSA) is 221 Å². The SMILES string of the molecule is CC1=C(C[n+]2ccc(NC(=O)c3ccc(O)c(O)c3Cl)cc2)[C@@H](C)S[C@@H]2[C@H](NC(=O)/C(=N\OC(C)(C)C(=O)O)c3csc(N)n3)C(=O)N12. The van der Waals surface area contributed by atoms with Crippen LogP contribution in [0.1, 0.15) is 43.7 Å². The van der Waals surface area contributed by atoms with Gasteiger partial charge in [-0.3, -0.25) is 19.3 Å². The lowest BCUT2D eigenvalue weighted by molar-refractivity contribution is -0.689. The highest BCUT2D eigenvalue weighted by Gasteiger charge is 2.53. The number of nitrogens with one attached hydrogen (secondary N) is 2. The number of carboxylic acid groups (broad SMARTS) is 1. The number of allylic oxidation sites excluding steroid dienone is 1.